The molecule has 1 N–H and O–H groups in total. The molecule has 1 aromatic heterocycles. The number of anilines is 2. The van der Waals surface area contributed by atoms with Crippen molar-refractivity contribution in [1.29, 1.82) is 0 Å². The third kappa shape index (κ3) is 3.16. The normalized spacial score (nSPS) is 11.5. The standard InChI is InChI=1S/C12H7ClF4N3/c1-6-5-18-11(20-10(6)12(15,16)17)19-7-2-3-9(14)8(13)4-7/h2-5H,1H2,(H,18,19,20). The molecular formula is C12H7ClF4N3. The molecule has 0 saturated heterocycles. The van der Waals surface area contributed by atoms with Crippen molar-refractivity contribution in [3.63, 3.8) is 0 Å². The third-order valence-electron chi connectivity index (χ3n) is 2.31. The topological polar surface area (TPSA) is 37.8 Å². The lowest BCUT2D eigenvalue weighted by Crippen LogP contribution is -2.12. The van der Waals surface area contributed by atoms with Crippen molar-refractivity contribution in [2.75, 3.05) is 5.32 Å². The number of benzene rings is 1. The summed E-state index contributed by atoms with van der Waals surface area (Å²) < 4.78 is 50.9. The van der Waals surface area contributed by atoms with Gasteiger partial charge < -0.3 is 5.32 Å². The van der Waals surface area contributed by atoms with E-state index in [0.717, 1.165) is 12.3 Å². The number of aromatic nitrogens is 2. The largest absolute Gasteiger partial charge is 0.433 e. The number of hydrogen-bond acceptors (Lipinski definition) is 3. The van der Waals surface area contributed by atoms with Gasteiger partial charge in [0.25, 0.3) is 0 Å². The van der Waals surface area contributed by atoms with Crippen LogP contribution in [-0.2, 0) is 6.18 Å². The van der Waals surface area contributed by atoms with E-state index in [-0.39, 0.29) is 22.2 Å². The molecular weight excluding hydrogens is 298 g/mol. The van der Waals surface area contributed by atoms with Crippen molar-refractivity contribution < 1.29 is 17.6 Å². The molecule has 1 aromatic carbocycles. The molecule has 2 aromatic rings. The van der Waals surface area contributed by atoms with Gasteiger partial charge in [-0.1, -0.05) is 11.6 Å². The summed E-state index contributed by atoms with van der Waals surface area (Å²) in [7, 11) is 0. The van der Waals surface area contributed by atoms with Crippen LogP contribution in [0.5, 0.6) is 0 Å². The predicted molar refractivity (Wildman–Crippen MR) is 66.2 cm³/mol. The average Bonchev–Trinajstić information content (AvgIpc) is 2.35. The van der Waals surface area contributed by atoms with Crippen LogP contribution in [0.1, 0.15) is 11.3 Å². The first-order chi connectivity index (χ1) is 9.27. The van der Waals surface area contributed by atoms with Gasteiger partial charge in [0, 0.05) is 17.4 Å². The highest BCUT2D eigenvalue weighted by Gasteiger charge is 2.35. The summed E-state index contributed by atoms with van der Waals surface area (Å²) in [6.07, 6.45) is -3.68. The number of nitrogens with one attached hydrogen (secondary N) is 1. The second kappa shape index (κ2) is 5.24. The first kappa shape index (κ1) is 14.5. The minimum atomic E-state index is -4.63. The molecule has 0 saturated carbocycles. The van der Waals surface area contributed by atoms with Crippen LogP contribution in [0.4, 0.5) is 29.2 Å². The molecule has 3 nitrogen and oxygen atoms in total. The SMILES string of the molecule is [CH2]c1cnc(Nc2ccc(F)c(Cl)c2)nc1C(F)(F)F. The molecule has 1 radical (unpaired) electrons. The van der Waals surface area contributed by atoms with Crippen LogP contribution >= 0.6 is 11.6 Å². The maximum Gasteiger partial charge on any atom is 0.433 e. The van der Waals surface area contributed by atoms with E-state index in [9.17, 15) is 17.6 Å². The summed E-state index contributed by atoms with van der Waals surface area (Å²) in [5.41, 5.74) is -1.20. The molecule has 0 unspecified atom stereocenters. The molecule has 8 heteroatoms. The first-order valence-electron chi connectivity index (χ1n) is 5.25. The van der Waals surface area contributed by atoms with E-state index < -0.39 is 17.7 Å². The van der Waals surface area contributed by atoms with E-state index in [4.69, 9.17) is 11.6 Å². The maximum absolute atomic E-state index is 13.0. The number of hydrogen-bond donors (Lipinski definition) is 1. The molecule has 0 spiro atoms. The highest BCUT2D eigenvalue weighted by molar-refractivity contribution is 6.31. The Morgan fingerprint density at radius 2 is 1.95 bits per heavy atom. The molecule has 0 aliphatic heterocycles. The van der Waals surface area contributed by atoms with Crippen molar-refractivity contribution >= 4 is 23.2 Å². The second-order valence-corrected chi connectivity index (χ2v) is 4.23. The Balaban J connectivity index is 2.32. The number of alkyl halides is 3. The van der Waals surface area contributed by atoms with Gasteiger partial charge in [-0.25, -0.2) is 14.4 Å². The van der Waals surface area contributed by atoms with Crippen LogP contribution < -0.4 is 5.32 Å². The summed E-state index contributed by atoms with van der Waals surface area (Å²) in [6, 6.07) is 3.59. The minimum absolute atomic E-state index is 0.167. The van der Waals surface area contributed by atoms with Crippen LogP contribution in [0, 0.1) is 12.7 Å². The average molecular weight is 305 g/mol. The number of rotatable bonds is 2. The van der Waals surface area contributed by atoms with Gasteiger partial charge in [-0.2, -0.15) is 13.2 Å². The van der Waals surface area contributed by atoms with Crippen molar-refractivity contribution in [3.05, 3.63) is 53.4 Å². The molecule has 2 rings (SSSR count). The van der Waals surface area contributed by atoms with Crippen molar-refractivity contribution in [1.82, 2.24) is 9.97 Å². The number of nitrogens with zero attached hydrogens (tertiary/aromatic N) is 2. The monoisotopic (exact) mass is 304 g/mol. The molecule has 1 heterocycles. The lowest BCUT2D eigenvalue weighted by molar-refractivity contribution is -0.141. The zero-order chi connectivity index (χ0) is 14.9. The van der Waals surface area contributed by atoms with Crippen LogP contribution in [0.25, 0.3) is 0 Å². The van der Waals surface area contributed by atoms with Gasteiger partial charge in [0.05, 0.1) is 5.02 Å². The zero-order valence-electron chi connectivity index (χ0n) is 9.80. The van der Waals surface area contributed by atoms with Crippen molar-refractivity contribution in [2.45, 2.75) is 6.18 Å². The Bertz CT molecular complexity index is 643. The predicted octanol–water partition coefficient (Wildman–Crippen LogP) is 4.21. The molecule has 0 atom stereocenters. The summed E-state index contributed by atoms with van der Waals surface area (Å²) in [4.78, 5) is 7.02. The summed E-state index contributed by atoms with van der Waals surface area (Å²) in [5, 5.41) is 2.34. The van der Waals surface area contributed by atoms with Crippen LogP contribution in [0.15, 0.2) is 24.4 Å². The molecule has 0 fully saturated rings. The Hall–Kier alpha value is -1.89. The fraction of sp³-hybridized carbons (Fsp3) is 0.0833. The first-order valence-corrected chi connectivity index (χ1v) is 5.63. The fourth-order valence-corrected chi connectivity index (χ4v) is 1.60. The Morgan fingerprint density at radius 3 is 2.55 bits per heavy atom. The summed E-state index contributed by atoms with van der Waals surface area (Å²) in [5.74, 6) is -0.922. The van der Waals surface area contributed by atoms with E-state index in [0.29, 0.717) is 0 Å². The van der Waals surface area contributed by atoms with Crippen LogP contribution in [0.2, 0.25) is 5.02 Å². The zero-order valence-corrected chi connectivity index (χ0v) is 10.6. The van der Waals surface area contributed by atoms with Crippen LogP contribution in [-0.4, -0.2) is 9.97 Å². The molecule has 0 bridgehead atoms. The van der Waals surface area contributed by atoms with E-state index in [1.165, 1.54) is 12.1 Å². The maximum atomic E-state index is 13.0. The quantitative estimate of drug-likeness (QED) is 0.844. The van der Waals surface area contributed by atoms with Gasteiger partial charge in [-0.05, 0) is 25.1 Å². The summed E-state index contributed by atoms with van der Waals surface area (Å²) in [6.45, 7) is 3.22. The Morgan fingerprint density at radius 1 is 1.25 bits per heavy atom. The van der Waals surface area contributed by atoms with E-state index in [1.54, 1.807) is 0 Å². The van der Waals surface area contributed by atoms with Gasteiger partial charge in [0.15, 0.2) is 5.69 Å². The van der Waals surface area contributed by atoms with E-state index in [2.05, 4.69) is 22.2 Å². The van der Waals surface area contributed by atoms with Crippen LogP contribution in [0.3, 0.4) is 0 Å². The van der Waals surface area contributed by atoms with E-state index >= 15 is 0 Å². The summed E-state index contributed by atoms with van der Waals surface area (Å²) >= 11 is 5.56. The smallest absolute Gasteiger partial charge is 0.324 e. The van der Waals surface area contributed by atoms with Gasteiger partial charge in [-0.15, -0.1) is 0 Å². The third-order valence-corrected chi connectivity index (χ3v) is 2.60. The van der Waals surface area contributed by atoms with Crippen molar-refractivity contribution in [2.24, 2.45) is 0 Å². The van der Waals surface area contributed by atoms with Gasteiger partial charge >= 0.3 is 6.18 Å². The molecule has 0 aliphatic carbocycles. The lowest BCUT2D eigenvalue weighted by atomic mass is 10.2. The minimum Gasteiger partial charge on any atom is -0.324 e. The molecule has 0 amide bonds. The van der Waals surface area contributed by atoms with Gasteiger partial charge in [-0.3, -0.25) is 0 Å². The molecule has 105 valence electrons. The number of halogens is 5. The fourth-order valence-electron chi connectivity index (χ4n) is 1.42. The second-order valence-electron chi connectivity index (χ2n) is 3.82. The highest BCUT2D eigenvalue weighted by atomic mass is 35.5. The molecule has 20 heavy (non-hydrogen) atoms. The Kier molecular flexibility index (Phi) is 3.80. The molecule has 0 aliphatic rings. The van der Waals surface area contributed by atoms with Gasteiger partial charge in [0.1, 0.15) is 5.82 Å². The van der Waals surface area contributed by atoms with Gasteiger partial charge in [0.2, 0.25) is 5.95 Å². The van der Waals surface area contributed by atoms with Crippen molar-refractivity contribution in [3.8, 4) is 0 Å². The highest BCUT2D eigenvalue weighted by Crippen LogP contribution is 2.31. The Labute approximate surface area is 116 Å². The van der Waals surface area contributed by atoms with E-state index in [1.807, 2.05) is 0 Å². The lowest BCUT2D eigenvalue weighted by Gasteiger charge is -2.11.